The van der Waals surface area contributed by atoms with Gasteiger partial charge in [0.1, 0.15) is 0 Å². The molecule has 2 heteroatoms. The highest BCUT2D eigenvalue weighted by Gasteiger charge is 2.27. The summed E-state index contributed by atoms with van der Waals surface area (Å²) >= 11 is 0. The standard InChI is InChI=1S/C10H22N2/c1-7(2)6-9-10(11)8(3)4-5-12-9/h7-10,12H,4-6,11H2,1-3H3. The Morgan fingerprint density at radius 2 is 2.17 bits per heavy atom. The molecule has 0 spiro atoms. The van der Waals surface area contributed by atoms with E-state index in [1.807, 2.05) is 0 Å². The van der Waals surface area contributed by atoms with Gasteiger partial charge in [-0.1, -0.05) is 20.8 Å². The van der Waals surface area contributed by atoms with Gasteiger partial charge in [-0.3, -0.25) is 0 Å². The highest BCUT2D eigenvalue weighted by molar-refractivity contribution is 4.88. The van der Waals surface area contributed by atoms with Crippen LogP contribution < -0.4 is 11.1 Å². The molecule has 3 N–H and O–H groups in total. The molecule has 0 aliphatic carbocycles. The van der Waals surface area contributed by atoms with Crippen LogP contribution in [0.2, 0.25) is 0 Å². The summed E-state index contributed by atoms with van der Waals surface area (Å²) < 4.78 is 0. The van der Waals surface area contributed by atoms with Crippen LogP contribution in [-0.2, 0) is 0 Å². The lowest BCUT2D eigenvalue weighted by molar-refractivity contribution is 0.245. The minimum Gasteiger partial charge on any atom is -0.326 e. The fourth-order valence-electron chi connectivity index (χ4n) is 1.97. The van der Waals surface area contributed by atoms with E-state index in [9.17, 15) is 0 Å². The number of hydrogen-bond acceptors (Lipinski definition) is 2. The van der Waals surface area contributed by atoms with E-state index in [2.05, 4.69) is 26.1 Å². The molecule has 0 saturated carbocycles. The first-order valence-corrected chi connectivity index (χ1v) is 5.10. The monoisotopic (exact) mass is 170 g/mol. The number of piperidine rings is 1. The van der Waals surface area contributed by atoms with Crippen molar-refractivity contribution in [3.8, 4) is 0 Å². The second kappa shape index (κ2) is 4.24. The molecule has 1 fully saturated rings. The summed E-state index contributed by atoms with van der Waals surface area (Å²) in [7, 11) is 0. The Bertz CT molecular complexity index is 134. The number of rotatable bonds is 2. The highest BCUT2D eigenvalue weighted by Crippen LogP contribution is 2.18. The number of hydrogen-bond donors (Lipinski definition) is 2. The Morgan fingerprint density at radius 3 is 2.75 bits per heavy atom. The molecule has 1 saturated heterocycles. The van der Waals surface area contributed by atoms with Gasteiger partial charge < -0.3 is 11.1 Å². The lowest BCUT2D eigenvalue weighted by Gasteiger charge is -2.35. The van der Waals surface area contributed by atoms with Gasteiger partial charge in [0.2, 0.25) is 0 Å². The van der Waals surface area contributed by atoms with Crippen LogP contribution in [0.1, 0.15) is 33.6 Å². The van der Waals surface area contributed by atoms with Crippen molar-refractivity contribution in [3.05, 3.63) is 0 Å². The van der Waals surface area contributed by atoms with Gasteiger partial charge in [-0.25, -0.2) is 0 Å². The third-order valence-electron chi connectivity index (χ3n) is 2.85. The molecule has 0 amide bonds. The second-order valence-electron chi connectivity index (χ2n) is 4.53. The molecule has 0 bridgehead atoms. The molecule has 3 unspecified atom stereocenters. The first-order valence-electron chi connectivity index (χ1n) is 5.10. The van der Waals surface area contributed by atoms with E-state index >= 15 is 0 Å². The van der Waals surface area contributed by atoms with E-state index in [0.717, 1.165) is 12.5 Å². The van der Waals surface area contributed by atoms with Crippen molar-refractivity contribution in [1.29, 1.82) is 0 Å². The van der Waals surface area contributed by atoms with Crippen LogP contribution >= 0.6 is 0 Å². The summed E-state index contributed by atoms with van der Waals surface area (Å²) in [5.41, 5.74) is 6.11. The van der Waals surface area contributed by atoms with Crippen molar-refractivity contribution < 1.29 is 0 Å². The first kappa shape index (κ1) is 10.0. The predicted molar refractivity (Wildman–Crippen MR) is 53.0 cm³/mol. The summed E-state index contributed by atoms with van der Waals surface area (Å²) in [5.74, 6) is 1.44. The van der Waals surface area contributed by atoms with Gasteiger partial charge in [0, 0.05) is 12.1 Å². The SMILES string of the molecule is CC(C)CC1NCCC(C)C1N. The number of nitrogens with one attached hydrogen (secondary N) is 1. The topological polar surface area (TPSA) is 38.0 Å². The Hall–Kier alpha value is -0.0800. The zero-order valence-corrected chi connectivity index (χ0v) is 8.51. The van der Waals surface area contributed by atoms with E-state index in [0.29, 0.717) is 18.0 Å². The maximum Gasteiger partial charge on any atom is 0.0224 e. The minimum absolute atomic E-state index is 0.362. The van der Waals surface area contributed by atoms with Crippen LogP contribution in [0, 0.1) is 11.8 Å². The van der Waals surface area contributed by atoms with E-state index < -0.39 is 0 Å². The van der Waals surface area contributed by atoms with Crippen LogP contribution in [0.4, 0.5) is 0 Å². The lowest BCUT2D eigenvalue weighted by atomic mass is 9.85. The van der Waals surface area contributed by atoms with Crippen molar-refractivity contribution in [1.82, 2.24) is 5.32 Å². The predicted octanol–water partition coefficient (Wildman–Crippen LogP) is 1.36. The zero-order chi connectivity index (χ0) is 9.14. The largest absolute Gasteiger partial charge is 0.326 e. The quantitative estimate of drug-likeness (QED) is 0.656. The summed E-state index contributed by atoms with van der Waals surface area (Å²) in [6, 6.07) is 0.912. The Labute approximate surface area is 75.9 Å². The molecule has 1 rings (SSSR count). The first-order chi connectivity index (χ1) is 5.61. The Balaban J connectivity index is 2.41. The van der Waals surface area contributed by atoms with Gasteiger partial charge in [-0.15, -0.1) is 0 Å². The summed E-state index contributed by atoms with van der Waals surface area (Å²) in [4.78, 5) is 0. The van der Waals surface area contributed by atoms with Crippen molar-refractivity contribution in [3.63, 3.8) is 0 Å². The molecule has 0 aromatic heterocycles. The molecule has 0 aromatic carbocycles. The van der Waals surface area contributed by atoms with Gasteiger partial charge in [0.25, 0.3) is 0 Å². The van der Waals surface area contributed by atoms with Crippen LogP contribution in [0.3, 0.4) is 0 Å². The van der Waals surface area contributed by atoms with E-state index in [4.69, 9.17) is 5.73 Å². The summed E-state index contributed by atoms with van der Waals surface area (Å²) in [5, 5.41) is 3.51. The van der Waals surface area contributed by atoms with Gasteiger partial charge in [-0.2, -0.15) is 0 Å². The van der Waals surface area contributed by atoms with E-state index in [1.54, 1.807) is 0 Å². The fourth-order valence-corrected chi connectivity index (χ4v) is 1.97. The van der Waals surface area contributed by atoms with Crippen molar-refractivity contribution in [2.75, 3.05) is 6.54 Å². The molecule has 1 aliphatic rings. The molecule has 1 heterocycles. The molecule has 72 valence electrons. The molecule has 0 radical (unpaired) electrons. The van der Waals surface area contributed by atoms with E-state index in [-0.39, 0.29) is 0 Å². The van der Waals surface area contributed by atoms with Gasteiger partial charge in [0.05, 0.1) is 0 Å². The van der Waals surface area contributed by atoms with Crippen molar-refractivity contribution >= 4 is 0 Å². The summed E-state index contributed by atoms with van der Waals surface area (Å²) in [6.07, 6.45) is 2.45. The van der Waals surface area contributed by atoms with Crippen LogP contribution in [0.15, 0.2) is 0 Å². The third-order valence-corrected chi connectivity index (χ3v) is 2.85. The van der Waals surface area contributed by atoms with Gasteiger partial charge >= 0.3 is 0 Å². The lowest BCUT2D eigenvalue weighted by Crippen LogP contribution is -2.54. The van der Waals surface area contributed by atoms with Crippen molar-refractivity contribution in [2.45, 2.75) is 45.7 Å². The van der Waals surface area contributed by atoms with Crippen molar-refractivity contribution in [2.24, 2.45) is 17.6 Å². The normalized spacial score (nSPS) is 37.2. The highest BCUT2D eigenvalue weighted by atomic mass is 15.0. The Kier molecular flexibility index (Phi) is 3.53. The maximum atomic E-state index is 6.11. The average Bonchev–Trinajstić information content (AvgIpc) is 1.98. The molecular weight excluding hydrogens is 148 g/mol. The number of nitrogens with two attached hydrogens (primary N) is 1. The van der Waals surface area contributed by atoms with E-state index in [1.165, 1.54) is 12.8 Å². The molecule has 2 nitrogen and oxygen atoms in total. The molecule has 0 aromatic rings. The smallest absolute Gasteiger partial charge is 0.0224 e. The molecular formula is C10H22N2. The molecule has 1 aliphatic heterocycles. The van der Waals surface area contributed by atoms with Gasteiger partial charge in [0.15, 0.2) is 0 Å². The van der Waals surface area contributed by atoms with Crippen LogP contribution in [0.5, 0.6) is 0 Å². The Morgan fingerprint density at radius 1 is 1.50 bits per heavy atom. The minimum atomic E-state index is 0.362. The third kappa shape index (κ3) is 2.46. The average molecular weight is 170 g/mol. The van der Waals surface area contributed by atoms with Crippen LogP contribution in [-0.4, -0.2) is 18.6 Å². The molecule has 12 heavy (non-hydrogen) atoms. The summed E-state index contributed by atoms with van der Waals surface area (Å²) in [6.45, 7) is 7.92. The maximum absolute atomic E-state index is 6.11. The molecule has 3 atom stereocenters. The zero-order valence-electron chi connectivity index (χ0n) is 8.51. The fraction of sp³-hybridized carbons (Fsp3) is 1.00. The van der Waals surface area contributed by atoms with Crippen LogP contribution in [0.25, 0.3) is 0 Å². The second-order valence-corrected chi connectivity index (χ2v) is 4.53. The van der Waals surface area contributed by atoms with Gasteiger partial charge in [-0.05, 0) is 31.2 Å².